The Morgan fingerprint density at radius 3 is 1.47 bits per heavy atom. The van der Waals surface area contributed by atoms with Crippen LogP contribution in [0.1, 0.15) is 177 Å². The Hall–Kier alpha value is -7.76. The molecule has 0 bridgehead atoms. The summed E-state index contributed by atoms with van der Waals surface area (Å²) in [5.74, 6) is 0. The van der Waals surface area contributed by atoms with Crippen LogP contribution in [0.15, 0.2) is 180 Å². The molecule has 3 aliphatic heterocycles. The maximum absolute atomic E-state index is 7.66. The second-order valence-electron chi connectivity index (χ2n) is 31.8. The summed E-state index contributed by atoms with van der Waals surface area (Å²) in [6.07, 6.45) is 4.64. The molecule has 1 aromatic heterocycles. The van der Waals surface area contributed by atoms with Crippen LogP contribution in [0.4, 0.5) is 45.5 Å². The highest BCUT2D eigenvalue weighted by Crippen LogP contribution is 2.64. The van der Waals surface area contributed by atoms with E-state index in [1.165, 1.54) is 102 Å². The van der Waals surface area contributed by atoms with Gasteiger partial charge in [-0.25, -0.2) is 0 Å². The summed E-state index contributed by atoms with van der Waals surface area (Å²) in [4.78, 5) is 8.20. The first kappa shape index (κ1) is 57.0. The van der Waals surface area contributed by atoms with Gasteiger partial charge in [0.25, 0.3) is 6.71 Å². The first-order valence-corrected chi connectivity index (χ1v) is 32.3. The molecule has 4 nitrogen and oxygen atoms in total. The summed E-state index contributed by atoms with van der Waals surface area (Å²) in [5.41, 5.74) is 27.5. The molecule has 1 saturated carbocycles. The van der Waals surface area contributed by atoms with Gasteiger partial charge in [0, 0.05) is 55.8 Å². The quantitative estimate of drug-likeness (QED) is 0.155. The van der Waals surface area contributed by atoms with Gasteiger partial charge in [0.1, 0.15) is 5.58 Å². The number of furan rings is 1. The van der Waals surface area contributed by atoms with Crippen molar-refractivity contribution in [3.8, 4) is 22.3 Å². The number of anilines is 8. The summed E-state index contributed by atoms with van der Waals surface area (Å²) in [7, 11) is 0. The SMILES string of the molecule is CC(C)(C)c1ccc(N(c2ccc(C(C)(C)C)cc2)c2cc3c4c(c2)N2c5c(cc(C(C)(C)C)cc5C5(C)CCCCC25C)B4c2ccc4c(oc5ccc(C(C)(C)C)cc54)c2N3c2c(-c3ccccc3)cc(C(C)(C)C)cc2-c2ccccc2)cc1. The number of hydrogen-bond acceptors (Lipinski definition) is 4. The van der Waals surface area contributed by atoms with Crippen LogP contribution >= 0.6 is 0 Å². The van der Waals surface area contributed by atoms with Crippen LogP contribution in [-0.2, 0) is 32.5 Å². The van der Waals surface area contributed by atoms with Gasteiger partial charge in [-0.15, -0.1) is 0 Å². The maximum Gasteiger partial charge on any atom is 0.252 e. The Balaban J connectivity index is 1.20. The molecule has 5 heteroatoms. The lowest BCUT2D eigenvalue weighted by molar-refractivity contribution is 0.195. The van der Waals surface area contributed by atoms with Crippen molar-refractivity contribution in [2.75, 3.05) is 14.7 Å². The van der Waals surface area contributed by atoms with Crippen molar-refractivity contribution in [3.05, 3.63) is 209 Å². The van der Waals surface area contributed by atoms with E-state index in [4.69, 9.17) is 4.42 Å². The van der Waals surface area contributed by atoms with Crippen LogP contribution in [0, 0.1) is 0 Å². The molecule has 10 aromatic rings. The molecule has 9 aromatic carbocycles. The van der Waals surface area contributed by atoms with Crippen molar-refractivity contribution in [2.24, 2.45) is 0 Å². The highest BCUT2D eigenvalue weighted by molar-refractivity contribution is 7.00. The molecule has 0 radical (unpaired) electrons. The van der Waals surface area contributed by atoms with E-state index in [9.17, 15) is 0 Å². The number of nitrogens with zero attached hydrogens (tertiary/aromatic N) is 3. The lowest BCUT2D eigenvalue weighted by Crippen LogP contribution is -2.64. The van der Waals surface area contributed by atoms with Crippen molar-refractivity contribution in [1.29, 1.82) is 0 Å². The van der Waals surface area contributed by atoms with Gasteiger partial charge in [-0.05, 0) is 168 Å². The highest BCUT2D eigenvalue weighted by atomic mass is 16.3. The Bertz CT molecular complexity index is 4260. The fraction of sp³-hybridized carbons (Fsp3) is 0.341. The summed E-state index contributed by atoms with van der Waals surface area (Å²) in [5, 5.41) is 2.28. The van der Waals surface area contributed by atoms with Crippen molar-refractivity contribution in [2.45, 2.75) is 181 Å². The van der Waals surface area contributed by atoms with Gasteiger partial charge >= 0.3 is 0 Å². The van der Waals surface area contributed by atoms with Gasteiger partial charge in [-0.3, -0.25) is 0 Å². The first-order valence-electron chi connectivity index (χ1n) is 32.3. The van der Waals surface area contributed by atoms with Crippen LogP contribution in [-0.4, -0.2) is 12.3 Å². The second-order valence-corrected chi connectivity index (χ2v) is 31.8. The van der Waals surface area contributed by atoms with Gasteiger partial charge in [0.15, 0.2) is 5.58 Å². The van der Waals surface area contributed by atoms with E-state index in [0.717, 1.165) is 63.2 Å². The maximum atomic E-state index is 7.66. The third-order valence-corrected chi connectivity index (χ3v) is 21.0. The standard InChI is InChI=1S/C82H88BN3O/c1-76(2,3)53-30-35-58(36-31-53)84(59-37-32-54(33-38-59)77(4,5)6)60-49-68-71-69(50-60)86-73-65(81(16)42-24-25-43-82(81,86)17)47-57(80(13,14)15)48-67(73)83(71)66-40-39-61-64-44-55(78(7,8)9)34-41-70(64)87-75(61)74(66)85(68)72-62(51-26-20-18-21-27-51)45-56(79(10,11)12)46-63(72)52-28-22-19-23-29-52/h18-23,26-41,44-50H,24-25,42-43H2,1-17H3. The minimum Gasteiger partial charge on any atom is -0.454 e. The second kappa shape index (κ2) is 19.4. The Morgan fingerprint density at radius 2 is 0.931 bits per heavy atom. The fourth-order valence-electron chi connectivity index (χ4n) is 15.5. The molecular formula is C82H88BN3O. The van der Waals surface area contributed by atoms with Crippen LogP contribution < -0.4 is 31.1 Å². The van der Waals surface area contributed by atoms with Crippen LogP contribution in [0.3, 0.4) is 0 Å². The Labute approximate surface area is 519 Å². The Kier molecular flexibility index (Phi) is 12.7. The van der Waals surface area contributed by atoms with E-state index in [-0.39, 0.29) is 44.7 Å². The topological polar surface area (TPSA) is 22.9 Å². The first-order chi connectivity index (χ1) is 41.0. The lowest BCUT2D eigenvalue weighted by Gasteiger charge is -2.53. The molecule has 2 atom stereocenters. The molecular weight excluding hydrogens is 1050 g/mol. The molecule has 1 aliphatic carbocycles. The van der Waals surface area contributed by atoms with Crippen molar-refractivity contribution < 1.29 is 4.42 Å². The normalized spacial score (nSPS) is 18.2. The molecule has 0 amide bonds. The van der Waals surface area contributed by atoms with Gasteiger partial charge in [-0.2, -0.15) is 0 Å². The third-order valence-electron chi connectivity index (χ3n) is 21.0. The largest absolute Gasteiger partial charge is 0.454 e. The van der Waals surface area contributed by atoms with E-state index < -0.39 is 0 Å². The van der Waals surface area contributed by atoms with Crippen molar-refractivity contribution in [3.63, 3.8) is 0 Å². The lowest BCUT2D eigenvalue weighted by atomic mass is 9.33. The van der Waals surface area contributed by atoms with E-state index in [0.29, 0.717) is 0 Å². The summed E-state index contributed by atoms with van der Waals surface area (Å²) in [6.45, 7) is 40.3. The average Bonchev–Trinajstić information content (AvgIpc) is 1.58. The van der Waals surface area contributed by atoms with E-state index in [1.807, 2.05) is 0 Å². The average molecular weight is 1140 g/mol. The molecule has 2 unspecified atom stereocenters. The van der Waals surface area contributed by atoms with Crippen LogP contribution in [0.5, 0.6) is 0 Å². The van der Waals surface area contributed by atoms with Gasteiger partial charge in [0.2, 0.25) is 0 Å². The number of fused-ring (bicyclic) bond motifs is 11. The summed E-state index contributed by atoms with van der Waals surface area (Å²) in [6, 6.07) is 68.7. The fourth-order valence-corrected chi connectivity index (χ4v) is 15.5. The van der Waals surface area contributed by atoms with Crippen LogP contribution in [0.25, 0.3) is 44.2 Å². The molecule has 0 N–H and O–H groups in total. The van der Waals surface area contributed by atoms with Crippen molar-refractivity contribution >= 4 is 90.5 Å². The van der Waals surface area contributed by atoms with Gasteiger partial charge in [0.05, 0.1) is 22.6 Å². The summed E-state index contributed by atoms with van der Waals surface area (Å²) < 4.78 is 7.66. The van der Waals surface area contributed by atoms with Gasteiger partial charge < -0.3 is 19.1 Å². The van der Waals surface area contributed by atoms with Gasteiger partial charge in [-0.1, -0.05) is 239 Å². The molecule has 4 aliphatic rings. The number of rotatable bonds is 6. The third kappa shape index (κ3) is 8.89. The van der Waals surface area contributed by atoms with E-state index in [1.54, 1.807) is 0 Å². The zero-order valence-corrected chi connectivity index (χ0v) is 54.9. The molecule has 440 valence electrons. The van der Waals surface area contributed by atoms with E-state index >= 15 is 0 Å². The monoisotopic (exact) mass is 1140 g/mol. The minimum absolute atomic E-state index is 0.0157. The highest BCUT2D eigenvalue weighted by Gasteiger charge is 2.62. The molecule has 0 spiro atoms. The molecule has 1 fully saturated rings. The smallest absolute Gasteiger partial charge is 0.252 e. The minimum atomic E-state index is -0.221. The van der Waals surface area contributed by atoms with Crippen molar-refractivity contribution in [1.82, 2.24) is 0 Å². The molecule has 0 saturated heterocycles. The zero-order chi connectivity index (χ0) is 61.3. The molecule has 87 heavy (non-hydrogen) atoms. The van der Waals surface area contributed by atoms with Crippen LogP contribution in [0.2, 0.25) is 0 Å². The number of hydrogen-bond donors (Lipinski definition) is 0. The van der Waals surface area contributed by atoms with E-state index in [2.05, 4.69) is 308 Å². The zero-order valence-electron chi connectivity index (χ0n) is 54.9. The predicted octanol–water partition coefficient (Wildman–Crippen LogP) is 21.2. The molecule has 4 heterocycles. The summed E-state index contributed by atoms with van der Waals surface area (Å²) >= 11 is 0. The molecule has 14 rings (SSSR count). The Morgan fingerprint density at radius 1 is 0.425 bits per heavy atom. The number of benzene rings is 9. The predicted molar refractivity (Wildman–Crippen MR) is 375 cm³/mol.